The molecule has 15 heavy (non-hydrogen) atoms. The Morgan fingerprint density at radius 3 is 2.60 bits per heavy atom. The second-order valence-corrected chi connectivity index (χ2v) is 2.96. The lowest BCUT2D eigenvalue weighted by Crippen LogP contribution is -1.81. The van der Waals surface area contributed by atoms with Crippen molar-refractivity contribution in [1.29, 1.82) is 0 Å². The quantitative estimate of drug-likeness (QED) is 0.826. The molecule has 0 bridgehead atoms. The van der Waals surface area contributed by atoms with E-state index in [0.717, 1.165) is 11.3 Å². The molecule has 0 saturated heterocycles. The van der Waals surface area contributed by atoms with Gasteiger partial charge in [-0.2, -0.15) is 5.10 Å². The minimum atomic E-state index is 0.672. The SMILES string of the molecule is COc1ccc(C=Cc2nc[nH]n2)cc1. The monoisotopic (exact) mass is 201 g/mol. The van der Waals surface area contributed by atoms with Gasteiger partial charge in [0.15, 0.2) is 5.82 Å². The summed E-state index contributed by atoms with van der Waals surface area (Å²) in [5.41, 5.74) is 1.08. The van der Waals surface area contributed by atoms with Gasteiger partial charge in [0.05, 0.1) is 7.11 Å². The van der Waals surface area contributed by atoms with Crippen LogP contribution in [-0.2, 0) is 0 Å². The van der Waals surface area contributed by atoms with E-state index in [1.54, 1.807) is 13.4 Å². The van der Waals surface area contributed by atoms with Gasteiger partial charge < -0.3 is 4.74 Å². The van der Waals surface area contributed by atoms with Crippen LogP contribution in [-0.4, -0.2) is 22.3 Å². The van der Waals surface area contributed by atoms with E-state index < -0.39 is 0 Å². The molecule has 76 valence electrons. The molecule has 4 nitrogen and oxygen atoms in total. The Bertz CT molecular complexity index is 431. The summed E-state index contributed by atoms with van der Waals surface area (Å²) in [5, 5.41) is 6.57. The predicted octanol–water partition coefficient (Wildman–Crippen LogP) is 1.98. The summed E-state index contributed by atoms with van der Waals surface area (Å²) < 4.78 is 5.07. The molecule has 0 radical (unpaired) electrons. The number of aromatic nitrogens is 3. The molecule has 1 aromatic heterocycles. The van der Waals surface area contributed by atoms with Gasteiger partial charge in [-0.1, -0.05) is 18.2 Å². The number of ether oxygens (including phenoxy) is 1. The smallest absolute Gasteiger partial charge is 0.173 e. The highest BCUT2D eigenvalue weighted by atomic mass is 16.5. The van der Waals surface area contributed by atoms with Gasteiger partial charge >= 0.3 is 0 Å². The zero-order valence-electron chi connectivity index (χ0n) is 8.34. The van der Waals surface area contributed by atoms with Gasteiger partial charge in [-0.05, 0) is 23.8 Å². The average Bonchev–Trinajstić information content (AvgIpc) is 2.80. The molecule has 0 aliphatic carbocycles. The molecule has 0 aliphatic rings. The van der Waals surface area contributed by atoms with Crippen LogP contribution in [0.1, 0.15) is 11.4 Å². The summed E-state index contributed by atoms with van der Waals surface area (Å²) in [4.78, 5) is 3.99. The number of hydrogen-bond donors (Lipinski definition) is 1. The van der Waals surface area contributed by atoms with Crippen LogP contribution in [0.5, 0.6) is 5.75 Å². The van der Waals surface area contributed by atoms with Crippen LogP contribution in [0.4, 0.5) is 0 Å². The zero-order chi connectivity index (χ0) is 10.5. The molecular formula is C11H11N3O. The maximum absolute atomic E-state index is 5.07. The normalized spacial score (nSPS) is 10.7. The van der Waals surface area contributed by atoms with Crippen molar-refractivity contribution in [2.75, 3.05) is 7.11 Å². The fourth-order valence-electron chi connectivity index (χ4n) is 1.18. The van der Waals surface area contributed by atoms with Crippen LogP contribution in [0.15, 0.2) is 30.6 Å². The molecule has 1 aromatic carbocycles. The van der Waals surface area contributed by atoms with E-state index in [4.69, 9.17) is 4.74 Å². The summed E-state index contributed by atoms with van der Waals surface area (Å²) in [6.45, 7) is 0. The van der Waals surface area contributed by atoms with E-state index in [0.29, 0.717) is 5.82 Å². The molecule has 2 rings (SSSR count). The van der Waals surface area contributed by atoms with Gasteiger partial charge in [-0.25, -0.2) is 4.98 Å². The first-order valence-corrected chi connectivity index (χ1v) is 4.56. The van der Waals surface area contributed by atoms with E-state index in [1.807, 2.05) is 36.4 Å². The topological polar surface area (TPSA) is 50.8 Å². The third kappa shape index (κ3) is 2.43. The van der Waals surface area contributed by atoms with Gasteiger partial charge in [-0.15, -0.1) is 0 Å². The lowest BCUT2D eigenvalue weighted by atomic mass is 10.2. The highest BCUT2D eigenvalue weighted by molar-refractivity contribution is 5.66. The summed E-state index contributed by atoms with van der Waals surface area (Å²) in [7, 11) is 1.65. The lowest BCUT2D eigenvalue weighted by Gasteiger charge is -1.98. The molecule has 0 atom stereocenters. The van der Waals surface area contributed by atoms with Crippen LogP contribution in [0.3, 0.4) is 0 Å². The van der Waals surface area contributed by atoms with Crippen molar-refractivity contribution >= 4 is 12.2 Å². The second-order valence-electron chi connectivity index (χ2n) is 2.96. The lowest BCUT2D eigenvalue weighted by molar-refractivity contribution is 0.415. The maximum Gasteiger partial charge on any atom is 0.173 e. The van der Waals surface area contributed by atoms with Gasteiger partial charge in [-0.3, -0.25) is 5.10 Å². The molecule has 1 N–H and O–H groups in total. The van der Waals surface area contributed by atoms with E-state index in [9.17, 15) is 0 Å². The number of rotatable bonds is 3. The highest BCUT2D eigenvalue weighted by Gasteiger charge is 1.91. The first-order chi connectivity index (χ1) is 7.38. The first kappa shape index (κ1) is 9.45. The van der Waals surface area contributed by atoms with Crippen LogP contribution in [0.25, 0.3) is 12.2 Å². The number of aromatic amines is 1. The van der Waals surface area contributed by atoms with E-state index >= 15 is 0 Å². The minimum absolute atomic E-state index is 0.672. The van der Waals surface area contributed by atoms with Crippen molar-refractivity contribution in [2.45, 2.75) is 0 Å². The molecule has 0 fully saturated rings. The summed E-state index contributed by atoms with van der Waals surface area (Å²) in [5.74, 6) is 1.52. The predicted molar refractivity (Wildman–Crippen MR) is 58.3 cm³/mol. The number of nitrogens with one attached hydrogen (secondary N) is 1. The minimum Gasteiger partial charge on any atom is -0.497 e. The van der Waals surface area contributed by atoms with Crippen molar-refractivity contribution in [3.8, 4) is 5.75 Å². The van der Waals surface area contributed by atoms with Crippen molar-refractivity contribution in [2.24, 2.45) is 0 Å². The molecule has 0 amide bonds. The second kappa shape index (κ2) is 4.41. The first-order valence-electron chi connectivity index (χ1n) is 4.56. The highest BCUT2D eigenvalue weighted by Crippen LogP contribution is 2.12. The Kier molecular flexibility index (Phi) is 2.78. The van der Waals surface area contributed by atoms with Gasteiger partial charge in [0.2, 0.25) is 0 Å². The standard InChI is InChI=1S/C11H11N3O/c1-15-10-5-2-9(3-6-10)4-7-11-12-8-13-14-11/h2-8H,1H3,(H,12,13,14). The van der Waals surface area contributed by atoms with E-state index in [-0.39, 0.29) is 0 Å². The third-order valence-electron chi connectivity index (χ3n) is 1.97. The van der Waals surface area contributed by atoms with Crippen LogP contribution in [0, 0.1) is 0 Å². The van der Waals surface area contributed by atoms with Crippen molar-refractivity contribution in [3.63, 3.8) is 0 Å². The number of benzene rings is 1. The Labute approximate surface area is 87.6 Å². The molecule has 0 unspecified atom stereocenters. The van der Waals surface area contributed by atoms with Crippen molar-refractivity contribution < 1.29 is 4.74 Å². The number of methoxy groups -OCH3 is 1. The summed E-state index contributed by atoms with van der Waals surface area (Å²) >= 11 is 0. The van der Waals surface area contributed by atoms with Gasteiger partial charge in [0.25, 0.3) is 0 Å². The number of hydrogen-bond acceptors (Lipinski definition) is 3. The van der Waals surface area contributed by atoms with Crippen LogP contribution in [0.2, 0.25) is 0 Å². The van der Waals surface area contributed by atoms with E-state index in [2.05, 4.69) is 15.2 Å². The van der Waals surface area contributed by atoms with Crippen LogP contribution < -0.4 is 4.74 Å². The molecule has 4 heteroatoms. The fraction of sp³-hybridized carbons (Fsp3) is 0.0909. The van der Waals surface area contributed by atoms with E-state index in [1.165, 1.54) is 0 Å². The summed E-state index contributed by atoms with van der Waals surface area (Å²) in [6, 6.07) is 7.78. The fourth-order valence-corrected chi connectivity index (χ4v) is 1.18. The maximum atomic E-state index is 5.07. The van der Waals surface area contributed by atoms with Gasteiger partial charge in [0.1, 0.15) is 12.1 Å². The molecule has 1 heterocycles. The summed E-state index contributed by atoms with van der Waals surface area (Å²) in [6.07, 6.45) is 5.34. The Morgan fingerprint density at radius 2 is 2.00 bits per heavy atom. The Morgan fingerprint density at radius 1 is 1.20 bits per heavy atom. The van der Waals surface area contributed by atoms with Gasteiger partial charge in [0, 0.05) is 0 Å². The largest absolute Gasteiger partial charge is 0.497 e. The number of nitrogens with zero attached hydrogens (tertiary/aromatic N) is 2. The van der Waals surface area contributed by atoms with Crippen molar-refractivity contribution in [1.82, 2.24) is 15.2 Å². The molecule has 0 saturated carbocycles. The molecule has 0 spiro atoms. The molecular weight excluding hydrogens is 190 g/mol. The van der Waals surface area contributed by atoms with Crippen molar-refractivity contribution in [3.05, 3.63) is 42.0 Å². The Hall–Kier alpha value is -2.10. The zero-order valence-corrected chi connectivity index (χ0v) is 8.34. The molecule has 0 aliphatic heterocycles. The average molecular weight is 201 g/mol. The molecule has 2 aromatic rings. The third-order valence-corrected chi connectivity index (χ3v) is 1.97. The van der Waals surface area contributed by atoms with Crippen LogP contribution >= 0.6 is 0 Å². The Balaban J connectivity index is 2.11. The number of H-pyrrole nitrogens is 1.